The Bertz CT molecular complexity index is 661. The zero-order valence-corrected chi connectivity index (χ0v) is 12.2. The molecule has 0 aliphatic carbocycles. The molecule has 0 saturated carbocycles. The number of methoxy groups -OCH3 is 3. The lowest BCUT2D eigenvalue weighted by Gasteiger charge is -2.14. The summed E-state index contributed by atoms with van der Waals surface area (Å²) in [5.74, 6) is 1.55. The van der Waals surface area contributed by atoms with Gasteiger partial charge in [0.1, 0.15) is 5.75 Å². The van der Waals surface area contributed by atoms with Crippen molar-refractivity contribution in [2.45, 2.75) is 6.54 Å². The van der Waals surface area contributed by atoms with Crippen LogP contribution in [0.25, 0.3) is 0 Å². The van der Waals surface area contributed by atoms with Crippen molar-refractivity contribution >= 4 is 11.3 Å². The second kappa shape index (κ2) is 5.87. The van der Waals surface area contributed by atoms with E-state index in [0.29, 0.717) is 22.8 Å². The number of hydrogen-bond acceptors (Lipinski definition) is 6. The fraction of sp³-hybridized carbons (Fsp3) is 0.308. The molecule has 20 heavy (non-hydrogen) atoms. The van der Waals surface area contributed by atoms with Crippen LogP contribution in [0.4, 0.5) is 0 Å². The van der Waals surface area contributed by atoms with Crippen molar-refractivity contribution in [1.29, 1.82) is 0 Å². The van der Waals surface area contributed by atoms with Gasteiger partial charge in [-0.15, -0.1) is 0 Å². The van der Waals surface area contributed by atoms with Crippen LogP contribution < -0.4 is 19.1 Å². The first-order chi connectivity index (χ1) is 9.60. The summed E-state index contributed by atoms with van der Waals surface area (Å²) >= 11 is 0.942. The van der Waals surface area contributed by atoms with E-state index >= 15 is 0 Å². The zero-order valence-electron chi connectivity index (χ0n) is 11.4. The Labute approximate surface area is 119 Å². The molecule has 1 heterocycles. The average Bonchev–Trinajstić information content (AvgIpc) is 2.78. The predicted octanol–water partition coefficient (Wildman–Crippen LogP) is 1.69. The Morgan fingerprint density at radius 1 is 1.10 bits per heavy atom. The summed E-state index contributed by atoms with van der Waals surface area (Å²) in [5, 5.41) is 11.1. The van der Waals surface area contributed by atoms with E-state index in [1.54, 1.807) is 12.1 Å². The number of thiazole rings is 1. The molecule has 0 bridgehead atoms. The van der Waals surface area contributed by atoms with E-state index in [2.05, 4.69) is 0 Å². The van der Waals surface area contributed by atoms with Gasteiger partial charge in [0.15, 0.2) is 11.5 Å². The van der Waals surface area contributed by atoms with E-state index in [1.165, 1.54) is 31.3 Å². The molecule has 0 fully saturated rings. The van der Waals surface area contributed by atoms with E-state index in [9.17, 15) is 9.90 Å². The Balaban J connectivity index is 2.48. The van der Waals surface area contributed by atoms with Crippen molar-refractivity contribution in [2.24, 2.45) is 0 Å². The molecule has 0 radical (unpaired) electrons. The molecule has 0 unspecified atom stereocenters. The summed E-state index contributed by atoms with van der Waals surface area (Å²) in [6.45, 7) is 0.192. The molecular weight excluding hydrogens is 282 g/mol. The first-order valence-electron chi connectivity index (χ1n) is 5.77. The van der Waals surface area contributed by atoms with Gasteiger partial charge in [-0.2, -0.15) is 0 Å². The van der Waals surface area contributed by atoms with Crippen molar-refractivity contribution in [3.05, 3.63) is 32.7 Å². The lowest BCUT2D eigenvalue weighted by atomic mass is 10.1. The minimum absolute atomic E-state index is 0.0724. The van der Waals surface area contributed by atoms with Crippen LogP contribution in [0, 0.1) is 0 Å². The van der Waals surface area contributed by atoms with Crippen LogP contribution in [0.1, 0.15) is 5.56 Å². The molecule has 2 aromatic rings. The third-order valence-corrected chi connectivity index (χ3v) is 3.63. The smallest absolute Gasteiger partial charge is 0.310 e. The van der Waals surface area contributed by atoms with Crippen LogP contribution in [0.15, 0.2) is 22.3 Å². The average molecular weight is 297 g/mol. The Morgan fingerprint density at radius 2 is 1.70 bits per heavy atom. The molecule has 2 rings (SSSR count). The molecule has 1 aromatic heterocycles. The summed E-state index contributed by atoms with van der Waals surface area (Å²) in [4.78, 5) is 11.4. The molecule has 1 aromatic carbocycles. The van der Waals surface area contributed by atoms with Crippen molar-refractivity contribution in [3.8, 4) is 23.1 Å². The second-order valence-corrected chi connectivity index (χ2v) is 4.79. The zero-order chi connectivity index (χ0) is 14.7. The standard InChI is InChI=1S/C13H15NO5S/c1-17-9-5-11(19-3)10(18-2)4-8(9)6-14-12(15)7-20-13(14)16/h4-5,7,15H,6H2,1-3H3. The number of benzene rings is 1. The minimum Gasteiger partial charge on any atom is -0.496 e. The lowest BCUT2D eigenvalue weighted by molar-refractivity contribution is 0.346. The summed E-state index contributed by atoms with van der Waals surface area (Å²) in [6, 6.07) is 3.41. The molecular formula is C13H15NO5S. The minimum atomic E-state index is -0.237. The van der Waals surface area contributed by atoms with Crippen LogP contribution in [-0.2, 0) is 6.54 Å². The van der Waals surface area contributed by atoms with E-state index in [4.69, 9.17) is 14.2 Å². The van der Waals surface area contributed by atoms with Gasteiger partial charge in [0, 0.05) is 11.6 Å². The number of nitrogens with zero attached hydrogens (tertiary/aromatic N) is 1. The number of aromatic nitrogens is 1. The summed E-state index contributed by atoms with van der Waals surface area (Å²) in [7, 11) is 4.59. The molecule has 1 N–H and O–H groups in total. The maximum absolute atomic E-state index is 11.6. The maximum Gasteiger partial charge on any atom is 0.310 e. The number of ether oxygens (including phenoxy) is 3. The highest BCUT2D eigenvalue weighted by Crippen LogP contribution is 2.35. The van der Waals surface area contributed by atoms with E-state index < -0.39 is 0 Å². The van der Waals surface area contributed by atoms with Gasteiger partial charge in [0.25, 0.3) is 0 Å². The van der Waals surface area contributed by atoms with Gasteiger partial charge in [-0.1, -0.05) is 11.3 Å². The van der Waals surface area contributed by atoms with E-state index in [0.717, 1.165) is 11.3 Å². The highest BCUT2D eigenvalue weighted by Gasteiger charge is 2.14. The predicted molar refractivity (Wildman–Crippen MR) is 75.4 cm³/mol. The SMILES string of the molecule is COc1cc(OC)c(OC)cc1Cn1c(O)csc1=O. The maximum atomic E-state index is 11.6. The highest BCUT2D eigenvalue weighted by atomic mass is 32.1. The summed E-state index contributed by atoms with van der Waals surface area (Å²) in [6.07, 6.45) is 0. The normalized spacial score (nSPS) is 10.3. The van der Waals surface area contributed by atoms with Gasteiger partial charge in [-0.3, -0.25) is 9.36 Å². The Morgan fingerprint density at radius 3 is 2.20 bits per heavy atom. The monoisotopic (exact) mass is 297 g/mol. The fourth-order valence-corrected chi connectivity index (χ4v) is 2.47. The number of aromatic hydroxyl groups is 1. The van der Waals surface area contributed by atoms with Crippen molar-refractivity contribution in [3.63, 3.8) is 0 Å². The van der Waals surface area contributed by atoms with Gasteiger partial charge in [-0.25, -0.2) is 0 Å². The molecule has 0 spiro atoms. The second-order valence-electron chi connectivity index (χ2n) is 3.96. The van der Waals surface area contributed by atoms with Crippen LogP contribution >= 0.6 is 11.3 Å². The first-order valence-corrected chi connectivity index (χ1v) is 6.64. The third-order valence-electron chi connectivity index (χ3n) is 2.88. The summed E-state index contributed by atoms with van der Waals surface area (Å²) < 4.78 is 17.0. The van der Waals surface area contributed by atoms with Crippen LogP contribution in [-0.4, -0.2) is 31.0 Å². The highest BCUT2D eigenvalue weighted by molar-refractivity contribution is 7.07. The van der Waals surface area contributed by atoms with Crippen LogP contribution in [0.5, 0.6) is 23.1 Å². The van der Waals surface area contributed by atoms with Crippen molar-refractivity contribution in [2.75, 3.05) is 21.3 Å². The molecule has 7 heteroatoms. The number of rotatable bonds is 5. The van der Waals surface area contributed by atoms with Gasteiger partial charge in [0.05, 0.1) is 33.3 Å². The van der Waals surface area contributed by atoms with Crippen molar-refractivity contribution < 1.29 is 19.3 Å². The Hall–Kier alpha value is -2.15. The summed E-state index contributed by atoms with van der Waals surface area (Å²) in [5.41, 5.74) is 0.709. The first kappa shape index (κ1) is 14.3. The van der Waals surface area contributed by atoms with Crippen molar-refractivity contribution in [1.82, 2.24) is 4.57 Å². The molecule has 6 nitrogen and oxygen atoms in total. The van der Waals surface area contributed by atoms with Crippen LogP contribution in [0.2, 0.25) is 0 Å². The third kappa shape index (κ3) is 2.57. The number of hydrogen-bond donors (Lipinski definition) is 1. The van der Waals surface area contributed by atoms with Gasteiger partial charge in [-0.05, 0) is 6.07 Å². The molecule has 0 atom stereocenters. The quantitative estimate of drug-likeness (QED) is 0.909. The largest absolute Gasteiger partial charge is 0.496 e. The lowest BCUT2D eigenvalue weighted by Crippen LogP contribution is -2.14. The molecule has 108 valence electrons. The van der Waals surface area contributed by atoms with Crippen LogP contribution in [0.3, 0.4) is 0 Å². The molecule has 0 amide bonds. The fourth-order valence-electron chi connectivity index (χ4n) is 1.86. The van der Waals surface area contributed by atoms with E-state index in [1.807, 2.05) is 0 Å². The van der Waals surface area contributed by atoms with Gasteiger partial charge >= 0.3 is 4.87 Å². The molecule has 0 aliphatic rings. The molecule has 0 aliphatic heterocycles. The molecule has 0 saturated heterocycles. The van der Waals surface area contributed by atoms with Gasteiger partial charge < -0.3 is 19.3 Å². The Kier molecular flexibility index (Phi) is 4.19. The topological polar surface area (TPSA) is 69.9 Å². The van der Waals surface area contributed by atoms with E-state index in [-0.39, 0.29) is 17.3 Å². The van der Waals surface area contributed by atoms with Gasteiger partial charge in [0.2, 0.25) is 5.88 Å².